The number of benzene rings is 1. The number of aromatic carboxylic acids is 1. The highest BCUT2D eigenvalue weighted by Gasteiger charge is 2.10. The topological polar surface area (TPSA) is 69.6 Å². The van der Waals surface area contributed by atoms with Crippen LogP contribution in [0.2, 0.25) is 0 Å². The van der Waals surface area contributed by atoms with E-state index in [1.165, 1.54) is 0 Å². The third kappa shape index (κ3) is 4.91. The van der Waals surface area contributed by atoms with Crippen LogP contribution in [0.5, 0.6) is 0 Å². The fourth-order valence-electron chi connectivity index (χ4n) is 1.64. The van der Waals surface area contributed by atoms with Gasteiger partial charge in [0, 0.05) is 20.1 Å². The molecule has 0 radical (unpaired) electrons. The lowest BCUT2D eigenvalue weighted by Crippen LogP contribution is -2.38. The van der Waals surface area contributed by atoms with Gasteiger partial charge in [-0.1, -0.05) is 32.4 Å². The van der Waals surface area contributed by atoms with Gasteiger partial charge in [-0.05, 0) is 23.6 Å². The number of rotatable bonds is 6. The minimum Gasteiger partial charge on any atom is -0.478 e. The molecule has 0 aliphatic rings. The molecule has 110 valence electrons. The number of carboxylic acids is 1. The standard InChI is InChI=1S/C15H22N2O3/c1-4-11(2)9-16-15(20)17(3)10-12-5-7-13(8-6-12)14(18)19/h5-8,11H,4,9-10H2,1-3H3,(H,16,20)(H,18,19). The van der Waals surface area contributed by atoms with Crippen LogP contribution in [0.25, 0.3) is 0 Å². The Bertz CT molecular complexity index is 457. The molecule has 0 aliphatic heterocycles. The molecule has 20 heavy (non-hydrogen) atoms. The predicted molar refractivity (Wildman–Crippen MR) is 77.7 cm³/mol. The van der Waals surface area contributed by atoms with Crippen molar-refractivity contribution in [2.45, 2.75) is 26.8 Å². The predicted octanol–water partition coefficient (Wildman–Crippen LogP) is 2.57. The van der Waals surface area contributed by atoms with Crippen LogP contribution in [-0.4, -0.2) is 35.6 Å². The Morgan fingerprint density at radius 3 is 2.40 bits per heavy atom. The van der Waals surface area contributed by atoms with E-state index in [2.05, 4.69) is 19.2 Å². The Morgan fingerprint density at radius 1 is 1.30 bits per heavy atom. The van der Waals surface area contributed by atoms with Gasteiger partial charge in [0.2, 0.25) is 0 Å². The zero-order chi connectivity index (χ0) is 15.1. The number of carboxylic acid groups (broad SMARTS) is 1. The van der Waals surface area contributed by atoms with Gasteiger partial charge >= 0.3 is 12.0 Å². The van der Waals surface area contributed by atoms with Crippen molar-refractivity contribution in [1.29, 1.82) is 0 Å². The van der Waals surface area contributed by atoms with E-state index in [-0.39, 0.29) is 11.6 Å². The summed E-state index contributed by atoms with van der Waals surface area (Å²) >= 11 is 0. The first-order chi connectivity index (χ1) is 9.43. The average Bonchev–Trinajstić information content (AvgIpc) is 2.44. The maximum absolute atomic E-state index is 11.9. The van der Waals surface area contributed by atoms with E-state index in [0.717, 1.165) is 12.0 Å². The second-order valence-corrected chi connectivity index (χ2v) is 5.06. The number of hydrogen-bond acceptors (Lipinski definition) is 2. The van der Waals surface area contributed by atoms with Crippen molar-refractivity contribution in [2.24, 2.45) is 5.92 Å². The first-order valence-electron chi connectivity index (χ1n) is 6.75. The van der Waals surface area contributed by atoms with Gasteiger partial charge in [0.15, 0.2) is 0 Å². The van der Waals surface area contributed by atoms with Crippen molar-refractivity contribution < 1.29 is 14.7 Å². The van der Waals surface area contributed by atoms with Gasteiger partial charge in [-0.15, -0.1) is 0 Å². The number of carbonyl (C=O) groups is 2. The summed E-state index contributed by atoms with van der Waals surface area (Å²) in [5, 5.41) is 11.7. The molecular formula is C15H22N2O3. The summed E-state index contributed by atoms with van der Waals surface area (Å²) in [5.41, 5.74) is 1.15. The minimum absolute atomic E-state index is 0.118. The van der Waals surface area contributed by atoms with Gasteiger partial charge in [0.05, 0.1) is 5.56 Å². The highest BCUT2D eigenvalue weighted by molar-refractivity contribution is 5.87. The van der Waals surface area contributed by atoms with E-state index in [9.17, 15) is 9.59 Å². The van der Waals surface area contributed by atoms with Crippen LogP contribution in [0.3, 0.4) is 0 Å². The van der Waals surface area contributed by atoms with Crippen LogP contribution in [0.15, 0.2) is 24.3 Å². The summed E-state index contributed by atoms with van der Waals surface area (Å²) in [4.78, 5) is 24.2. The fourth-order valence-corrected chi connectivity index (χ4v) is 1.64. The number of carbonyl (C=O) groups excluding carboxylic acids is 1. The first-order valence-corrected chi connectivity index (χ1v) is 6.75. The second kappa shape index (κ2) is 7.53. The van der Waals surface area contributed by atoms with Crippen molar-refractivity contribution >= 4 is 12.0 Å². The molecule has 1 aromatic rings. The molecule has 1 aromatic carbocycles. The Hall–Kier alpha value is -2.04. The molecule has 5 nitrogen and oxygen atoms in total. The van der Waals surface area contributed by atoms with Crippen LogP contribution in [0, 0.1) is 5.92 Å². The molecule has 0 saturated heterocycles. The molecule has 0 bridgehead atoms. The molecule has 0 heterocycles. The van der Waals surface area contributed by atoms with E-state index in [4.69, 9.17) is 5.11 Å². The molecule has 0 spiro atoms. The number of hydrogen-bond donors (Lipinski definition) is 2. The highest BCUT2D eigenvalue weighted by Crippen LogP contribution is 2.07. The molecule has 0 fully saturated rings. The molecular weight excluding hydrogens is 256 g/mol. The summed E-state index contributed by atoms with van der Waals surface area (Å²) in [7, 11) is 1.72. The van der Waals surface area contributed by atoms with E-state index >= 15 is 0 Å². The molecule has 0 saturated carbocycles. The lowest BCUT2D eigenvalue weighted by molar-refractivity contribution is 0.0697. The summed E-state index contributed by atoms with van der Waals surface area (Å²) in [6.07, 6.45) is 1.03. The Kier molecular flexibility index (Phi) is 6.03. The molecule has 2 amide bonds. The van der Waals surface area contributed by atoms with Gasteiger partial charge in [0.25, 0.3) is 0 Å². The Morgan fingerprint density at radius 2 is 1.90 bits per heavy atom. The average molecular weight is 278 g/mol. The van der Waals surface area contributed by atoms with E-state index in [0.29, 0.717) is 19.0 Å². The maximum Gasteiger partial charge on any atom is 0.335 e. The van der Waals surface area contributed by atoms with Crippen molar-refractivity contribution in [3.63, 3.8) is 0 Å². The van der Waals surface area contributed by atoms with Crippen LogP contribution in [-0.2, 0) is 6.54 Å². The fraction of sp³-hybridized carbons (Fsp3) is 0.467. The van der Waals surface area contributed by atoms with Crippen LogP contribution in [0.4, 0.5) is 4.79 Å². The third-order valence-electron chi connectivity index (χ3n) is 3.27. The van der Waals surface area contributed by atoms with Crippen LogP contribution in [0.1, 0.15) is 36.2 Å². The van der Waals surface area contributed by atoms with Gasteiger partial charge in [-0.25, -0.2) is 9.59 Å². The summed E-state index contributed by atoms with van der Waals surface area (Å²) in [6, 6.07) is 6.42. The zero-order valence-corrected chi connectivity index (χ0v) is 12.2. The minimum atomic E-state index is -0.948. The van der Waals surface area contributed by atoms with Crippen molar-refractivity contribution in [3.8, 4) is 0 Å². The molecule has 0 aliphatic carbocycles. The number of nitrogens with one attached hydrogen (secondary N) is 1. The lowest BCUT2D eigenvalue weighted by Gasteiger charge is -2.19. The quantitative estimate of drug-likeness (QED) is 0.840. The van der Waals surface area contributed by atoms with Crippen molar-refractivity contribution in [2.75, 3.05) is 13.6 Å². The van der Waals surface area contributed by atoms with Crippen LogP contribution < -0.4 is 5.32 Å². The third-order valence-corrected chi connectivity index (χ3v) is 3.27. The normalized spacial score (nSPS) is 11.8. The van der Waals surface area contributed by atoms with E-state index in [1.807, 2.05) is 0 Å². The van der Waals surface area contributed by atoms with Gasteiger partial charge in [0.1, 0.15) is 0 Å². The molecule has 2 N–H and O–H groups in total. The molecule has 1 atom stereocenters. The van der Waals surface area contributed by atoms with Crippen molar-refractivity contribution in [1.82, 2.24) is 10.2 Å². The largest absolute Gasteiger partial charge is 0.478 e. The van der Waals surface area contributed by atoms with Gasteiger partial charge < -0.3 is 15.3 Å². The summed E-state index contributed by atoms with van der Waals surface area (Å²) < 4.78 is 0. The molecule has 1 unspecified atom stereocenters. The lowest BCUT2D eigenvalue weighted by atomic mass is 10.1. The van der Waals surface area contributed by atoms with E-state index < -0.39 is 5.97 Å². The Labute approximate surface area is 119 Å². The van der Waals surface area contributed by atoms with Crippen molar-refractivity contribution in [3.05, 3.63) is 35.4 Å². The smallest absolute Gasteiger partial charge is 0.335 e. The summed E-state index contributed by atoms with van der Waals surface area (Å²) in [6.45, 7) is 5.29. The molecule has 5 heteroatoms. The SMILES string of the molecule is CCC(C)CNC(=O)N(C)Cc1ccc(C(=O)O)cc1. The highest BCUT2D eigenvalue weighted by atomic mass is 16.4. The zero-order valence-electron chi connectivity index (χ0n) is 12.2. The number of amides is 2. The number of urea groups is 1. The maximum atomic E-state index is 11.9. The van der Waals surface area contributed by atoms with Gasteiger partial charge in [-0.2, -0.15) is 0 Å². The van der Waals surface area contributed by atoms with E-state index in [1.54, 1.807) is 36.2 Å². The molecule has 1 rings (SSSR count). The number of nitrogens with zero attached hydrogens (tertiary/aromatic N) is 1. The Balaban J connectivity index is 2.50. The first kappa shape index (κ1) is 16.0. The van der Waals surface area contributed by atoms with Gasteiger partial charge in [-0.3, -0.25) is 0 Å². The van der Waals surface area contributed by atoms with Crippen LogP contribution >= 0.6 is 0 Å². The molecule has 0 aromatic heterocycles. The summed E-state index contributed by atoms with van der Waals surface area (Å²) in [5.74, 6) is -0.488. The monoisotopic (exact) mass is 278 g/mol. The second-order valence-electron chi connectivity index (χ2n) is 5.06.